The number of carbonyl (C=O) groups is 4. The number of nitrogens with zero attached hydrogens (tertiary/aromatic N) is 5. The number of non-ortho nitro benzene ring substituents is 2. The molecule has 3 aliphatic rings. The van der Waals surface area contributed by atoms with E-state index < -0.39 is 133 Å². The third-order valence-corrected chi connectivity index (χ3v) is 13.5. The van der Waals surface area contributed by atoms with Gasteiger partial charge in [-0.2, -0.15) is 49.0 Å². The van der Waals surface area contributed by atoms with Gasteiger partial charge in [0.1, 0.15) is 36.7 Å². The van der Waals surface area contributed by atoms with Crippen LogP contribution in [0.4, 0.5) is 34.1 Å². The van der Waals surface area contributed by atoms with Gasteiger partial charge in [0.05, 0.1) is 15.5 Å². The van der Waals surface area contributed by atoms with Crippen LogP contribution >= 0.6 is 0 Å². The van der Waals surface area contributed by atoms with E-state index in [1.54, 1.807) is 13.0 Å². The Balaban J connectivity index is 0.00000151. The minimum Gasteiger partial charge on any atom is -0.504 e. The molecule has 402 valence electrons. The Morgan fingerprint density at radius 3 is 1.39 bits per heavy atom. The number of hydrogen-bond donors (Lipinski definition) is 10. The maximum absolute atomic E-state index is 13.3. The number of aromatic hydroxyl groups is 2. The van der Waals surface area contributed by atoms with E-state index in [0.717, 1.165) is 17.7 Å². The summed E-state index contributed by atoms with van der Waals surface area (Å²) in [5, 5.41) is 56.2. The normalized spacial score (nSPS) is 15.9. The molecule has 0 aliphatic heterocycles. The molecule has 0 aromatic heterocycles. The molecule has 0 heterocycles. The first-order valence-corrected chi connectivity index (χ1v) is 25.9. The first-order valence-electron chi connectivity index (χ1n) is 20.1. The zero-order valence-corrected chi connectivity index (χ0v) is 42.7. The zero-order valence-electron chi connectivity index (χ0n) is 43.2. The molecule has 0 spiro atoms. The SMILES string of the molecule is CC(=O)Nc1ccc2c(c1)C(=O)C(=NNc1cc([N+](=O)[O-])cc(S(=O)(=O)O)c1O)C(S(=O)(=O)O)=C2.CC1=C/C(=N/Nc2ccc3c(c2)C(=O)/C(=N\Nc2cc([N+](=O)[O-])cc(S(=O)(=O)O)c2O)C(S(=O)(=O)O)=C3)C(=O)C=C1.[Cr].[H+].[H+].[H+].[H+].[H+]. The van der Waals surface area contributed by atoms with Crippen LogP contribution in [-0.4, -0.2) is 112 Å². The second-order valence-electron chi connectivity index (χ2n) is 15.4. The van der Waals surface area contributed by atoms with Crippen molar-refractivity contribution in [3.63, 3.8) is 0 Å². The predicted octanol–water partition coefficient (Wildman–Crippen LogP) is 4.25. The largest absolute Gasteiger partial charge is 1.00 e. The standard InChI is InChI=1S/C23H17N5O11S2.C18H14N4O11S2.Cr/c1-11-2-5-18(29)16(6-11)25-24-13-4-3-12-7-19(40(34,35)36)21(22(30)15(12)8-13)27-26-17-9-14(28(32)33)10-20(23(17)31)41(37,38)39;1-8(23)19-10-3-2-9-4-14(34(28,29)30)16(17(24)12(9)5-10)21-20-13-6-11(22(26)27)7-15(18(13)25)35(31,32)33;/h2-10,24,26,31H,1H3,(H,34,35,36)(H,37,38,39);2-7,20,25H,1H3,(H,19,23)(H,28,29,30)(H,31,32,33);/p+5/b25-16-,27-21-;;. The van der Waals surface area contributed by atoms with Crippen molar-refractivity contribution in [2.24, 2.45) is 15.3 Å². The smallest absolute Gasteiger partial charge is 0.504 e. The van der Waals surface area contributed by atoms with Gasteiger partial charge in [-0.25, -0.2) is 0 Å². The molecule has 3 aliphatic carbocycles. The summed E-state index contributed by atoms with van der Waals surface area (Å²) in [5.74, 6) is -5.45. The maximum atomic E-state index is 13.3. The molecule has 0 radical (unpaired) electrons. The van der Waals surface area contributed by atoms with Crippen molar-refractivity contribution in [2.75, 3.05) is 21.6 Å². The van der Waals surface area contributed by atoms with Gasteiger partial charge in [0.15, 0.2) is 22.9 Å². The fraction of sp³-hybridized carbons (Fsp3) is 0.0488. The molecule has 77 heavy (non-hydrogen) atoms. The molecule has 31 nitrogen and oxygen atoms in total. The van der Waals surface area contributed by atoms with E-state index in [9.17, 15) is 102 Å². The molecule has 1 amide bonds. The number of amides is 1. The van der Waals surface area contributed by atoms with Gasteiger partial charge in [-0.1, -0.05) is 18.2 Å². The molecule has 0 fully saturated rings. The molecule has 0 saturated heterocycles. The fourth-order valence-corrected chi connectivity index (χ4v) is 9.21. The average molecular weight is 1190 g/mol. The topological polar surface area (TPSA) is 498 Å². The van der Waals surface area contributed by atoms with Crippen molar-refractivity contribution in [3.05, 3.63) is 137 Å². The summed E-state index contributed by atoms with van der Waals surface area (Å²) < 4.78 is 132. The van der Waals surface area contributed by atoms with E-state index in [4.69, 9.17) is 0 Å². The van der Waals surface area contributed by atoms with Crippen molar-refractivity contribution >= 4 is 127 Å². The van der Waals surface area contributed by atoms with Crippen molar-refractivity contribution in [1.29, 1.82) is 0 Å². The number of rotatable bonds is 13. The predicted molar refractivity (Wildman–Crippen MR) is 271 cm³/mol. The molecule has 36 heteroatoms. The fourth-order valence-electron chi connectivity index (χ4n) is 6.64. The van der Waals surface area contributed by atoms with Gasteiger partial charge >= 0.3 is 7.13 Å². The third kappa shape index (κ3) is 13.6. The number of phenols is 2. The molecule has 4 aromatic carbocycles. The van der Waals surface area contributed by atoms with Crippen LogP contribution in [0.2, 0.25) is 0 Å². The molecule has 10 N–H and O–H groups in total. The Bertz CT molecular complexity index is 4050. The number of nitro groups is 2. The second-order valence-corrected chi connectivity index (χ2v) is 21.0. The molecule has 0 saturated carbocycles. The Morgan fingerprint density at radius 2 is 1.00 bits per heavy atom. The second kappa shape index (κ2) is 22.3. The van der Waals surface area contributed by atoms with Crippen LogP contribution in [0.1, 0.15) is 52.8 Å². The average Bonchev–Trinajstić information content (AvgIpc) is 3.30. The van der Waals surface area contributed by atoms with Crippen molar-refractivity contribution in [1.82, 2.24) is 0 Å². The summed E-state index contributed by atoms with van der Waals surface area (Å²) in [5.41, 5.74) is 2.26. The van der Waals surface area contributed by atoms with Crippen LogP contribution in [0.3, 0.4) is 0 Å². The number of nitro benzene ring substituents is 2. The van der Waals surface area contributed by atoms with Crippen LogP contribution in [0.5, 0.6) is 11.5 Å². The number of Topliss-reactive ketones (excluding diaryl/α,β-unsaturated/α-hetero) is 2. The van der Waals surface area contributed by atoms with E-state index in [1.807, 2.05) is 10.9 Å². The molecule has 0 atom stereocenters. The summed E-state index contributed by atoms with van der Waals surface area (Å²) in [6.45, 7) is 2.96. The Labute approximate surface area is 449 Å². The summed E-state index contributed by atoms with van der Waals surface area (Å²) in [6, 6.07) is 9.75. The maximum Gasteiger partial charge on any atom is 1.00 e. The quantitative estimate of drug-likeness (QED) is 0.0294. The van der Waals surface area contributed by atoms with Gasteiger partial charge in [0.25, 0.3) is 51.8 Å². The van der Waals surface area contributed by atoms with E-state index in [2.05, 4.69) is 26.0 Å². The summed E-state index contributed by atoms with van der Waals surface area (Å²) in [4.78, 5) is 65.3. The number of phenolic OH excluding ortho intramolecular Hbond substituents is 2. The van der Waals surface area contributed by atoms with Gasteiger partial charge < -0.3 is 15.5 Å². The summed E-state index contributed by atoms with van der Waals surface area (Å²) in [6.07, 6.45) is 6.24. The van der Waals surface area contributed by atoms with Crippen LogP contribution in [0.15, 0.2) is 119 Å². The van der Waals surface area contributed by atoms with Gasteiger partial charge in [-0.3, -0.25) is 73.9 Å². The van der Waals surface area contributed by atoms with Gasteiger partial charge in [0.2, 0.25) is 23.3 Å². The number of nitrogens with one attached hydrogen (secondary N) is 4. The van der Waals surface area contributed by atoms with Gasteiger partial charge in [-0.15, -0.1) is 0 Å². The van der Waals surface area contributed by atoms with Crippen LogP contribution in [0, 0.1) is 20.2 Å². The Hall–Kier alpha value is -8.70. The van der Waals surface area contributed by atoms with Gasteiger partial charge in [-0.05, 0) is 72.2 Å². The van der Waals surface area contributed by atoms with Crippen molar-refractivity contribution in [3.8, 4) is 11.5 Å². The zero-order chi connectivity index (χ0) is 56.6. The van der Waals surface area contributed by atoms with Crippen molar-refractivity contribution in [2.45, 2.75) is 23.6 Å². The van der Waals surface area contributed by atoms with Crippen LogP contribution in [-0.2, 0) is 67.4 Å². The molecular formula is C41H36CrN9O22S4+5. The number of benzene rings is 4. The van der Waals surface area contributed by atoms with E-state index in [-0.39, 0.29) is 69.6 Å². The monoisotopic (exact) mass is 1190 g/mol. The van der Waals surface area contributed by atoms with Gasteiger partial charge in [0, 0.05) is 65.4 Å². The molecule has 7 rings (SSSR count). The van der Waals surface area contributed by atoms with E-state index in [0.29, 0.717) is 24.3 Å². The Kier molecular flexibility index (Phi) is 17.1. The molecule has 0 unspecified atom stereocenters. The molecule has 4 aromatic rings. The summed E-state index contributed by atoms with van der Waals surface area (Å²) >= 11 is 0. The minimum atomic E-state index is -5.17. The van der Waals surface area contributed by atoms with E-state index in [1.165, 1.54) is 55.5 Å². The first kappa shape index (κ1) is 59.2. The first-order chi connectivity index (χ1) is 35.1. The molecule has 0 bridgehead atoms. The number of hydrogen-bond acceptors (Lipinski definition) is 24. The number of anilines is 4. The number of hydrazone groups is 3. The van der Waals surface area contributed by atoms with Crippen molar-refractivity contribution < 1.29 is 116 Å². The van der Waals surface area contributed by atoms with Crippen LogP contribution in [0.25, 0.3) is 12.2 Å². The summed E-state index contributed by atoms with van der Waals surface area (Å²) in [7, 11) is -20.5. The number of allylic oxidation sites excluding steroid dienone is 6. The third-order valence-electron chi connectivity index (χ3n) is 10.0. The van der Waals surface area contributed by atoms with Crippen LogP contribution < -0.4 is 21.6 Å². The van der Waals surface area contributed by atoms with E-state index >= 15 is 0 Å². The molecular weight excluding hydrogens is 1150 g/mol. The number of fused-ring (bicyclic) bond motifs is 2. The minimum absolute atomic E-state index is 0. The number of carbonyl (C=O) groups excluding carboxylic acids is 4. The Morgan fingerprint density at radius 1 is 0.584 bits per heavy atom. The number of ketones is 3.